The van der Waals surface area contributed by atoms with Gasteiger partial charge in [-0.25, -0.2) is 0 Å². The van der Waals surface area contributed by atoms with Crippen molar-refractivity contribution in [1.82, 2.24) is 0 Å². The maximum absolute atomic E-state index is 12.7. The molecular formula is C17H17ClN2O5. The fourth-order valence-corrected chi connectivity index (χ4v) is 4.31. The number of Topliss-reactive ketones (excluding diaryl/α,β-unsaturated/α-hetero) is 2. The Morgan fingerprint density at radius 3 is 2.72 bits per heavy atom. The molecule has 3 rings (SSSR count). The van der Waals surface area contributed by atoms with Gasteiger partial charge in [-0.3, -0.25) is 19.7 Å². The predicted molar refractivity (Wildman–Crippen MR) is 90.3 cm³/mol. The molecule has 0 aromatic heterocycles. The van der Waals surface area contributed by atoms with Gasteiger partial charge in [0.15, 0.2) is 0 Å². The zero-order valence-corrected chi connectivity index (χ0v) is 14.5. The minimum absolute atomic E-state index is 0.124. The highest BCUT2D eigenvalue weighted by molar-refractivity contribution is 6.31. The van der Waals surface area contributed by atoms with E-state index in [4.69, 9.17) is 16.4 Å². The third kappa shape index (κ3) is 2.82. The normalized spacial score (nSPS) is 31.6. The van der Waals surface area contributed by atoms with E-state index in [-0.39, 0.29) is 30.1 Å². The summed E-state index contributed by atoms with van der Waals surface area (Å²) in [6.45, 7) is 2.86. The molecule has 1 fully saturated rings. The van der Waals surface area contributed by atoms with Crippen molar-refractivity contribution >= 4 is 28.9 Å². The lowest BCUT2D eigenvalue weighted by molar-refractivity contribution is -0.523. The second-order valence-corrected chi connectivity index (χ2v) is 7.05. The van der Waals surface area contributed by atoms with Crippen molar-refractivity contribution in [3.63, 3.8) is 0 Å². The zero-order valence-electron chi connectivity index (χ0n) is 13.8. The van der Waals surface area contributed by atoms with E-state index < -0.39 is 28.4 Å². The van der Waals surface area contributed by atoms with Gasteiger partial charge in [0.05, 0.1) is 12.3 Å². The van der Waals surface area contributed by atoms with Crippen molar-refractivity contribution < 1.29 is 19.3 Å². The topological polar surface area (TPSA) is 98.9 Å². The smallest absolute Gasteiger partial charge is 0.295 e. The highest BCUT2D eigenvalue weighted by Crippen LogP contribution is 2.48. The molecule has 0 radical (unpaired) electrons. The molecular weight excluding hydrogens is 348 g/mol. The van der Waals surface area contributed by atoms with Crippen molar-refractivity contribution in [2.45, 2.75) is 44.2 Å². The molecule has 7 nitrogen and oxygen atoms in total. The van der Waals surface area contributed by atoms with Gasteiger partial charge in [-0.1, -0.05) is 35.0 Å². The molecule has 25 heavy (non-hydrogen) atoms. The van der Waals surface area contributed by atoms with Gasteiger partial charge in [-0.2, -0.15) is 0 Å². The number of nitrogens with zero attached hydrogens (tertiary/aromatic N) is 2. The predicted octanol–water partition coefficient (Wildman–Crippen LogP) is 2.78. The van der Waals surface area contributed by atoms with Gasteiger partial charge in [0.1, 0.15) is 17.3 Å². The first kappa shape index (κ1) is 17.5. The molecule has 1 spiro atoms. The quantitative estimate of drug-likeness (QED) is 0.466. The lowest BCUT2D eigenvalue weighted by Gasteiger charge is -2.39. The first-order valence-corrected chi connectivity index (χ1v) is 8.28. The van der Waals surface area contributed by atoms with Gasteiger partial charge in [0.25, 0.3) is 6.04 Å². The number of halogens is 1. The largest absolute Gasteiger partial charge is 0.381 e. The molecule has 0 amide bonds. The van der Waals surface area contributed by atoms with Crippen LogP contribution in [-0.4, -0.2) is 33.8 Å². The lowest BCUT2D eigenvalue weighted by atomic mass is 9.64. The van der Waals surface area contributed by atoms with Gasteiger partial charge in [-0.15, -0.1) is 0 Å². The molecule has 2 aliphatic rings. The van der Waals surface area contributed by atoms with E-state index in [0.29, 0.717) is 10.6 Å². The third-order valence-corrected chi connectivity index (χ3v) is 5.35. The van der Waals surface area contributed by atoms with Crippen LogP contribution in [0.15, 0.2) is 29.4 Å². The molecule has 1 aliphatic heterocycles. The molecule has 0 bridgehead atoms. The average molecular weight is 365 g/mol. The molecule has 8 heteroatoms. The second-order valence-electron chi connectivity index (χ2n) is 6.64. The summed E-state index contributed by atoms with van der Waals surface area (Å²) in [4.78, 5) is 41.4. The lowest BCUT2D eigenvalue weighted by Crippen LogP contribution is -2.55. The van der Waals surface area contributed by atoms with Crippen molar-refractivity contribution in [2.75, 3.05) is 0 Å². The third-order valence-electron chi connectivity index (χ3n) is 5.01. The minimum atomic E-state index is -1.37. The van der Waals surface area contributed by atoms with Crippen LogP contribution in [0.5, 0.6) is 0 Å². The number of nitro groups is 1. The van der Waals surface area contributed by atoms with Crippen molar-refractivity contribution in [3.8, 4) is 0 Å². The first-order chi connectivity index (χ1) is 11.8. The Morgan fingerprint density at radius 2 is 2.12 bits per heavy atom. The van der Waals surface area contributed by atoms with E-state index in [9.17, 15) is 19.7 Å². The standard InChI is InChI=1S/C17H17ClN2O5/c1-9-16(20(23)24)17(25-19-9)7-12(11-5-3-4-6-13(11)18)15(10(2)21)14(22)8-17/h3-6,12,15-16H,7-8H2,1-2H3/t12-,15-,16-,17+/m0/s1. The number of carbonyl (C=O) groups excluding carboxylic acids is 2. The summed E-state index contributed by atoms with van der Waals surface area (Å²) in [7, 11) is 0. The number of ketones is 2. The van der Waals surface area contributed by atoms with Crippen LogP contribution >= 0.6 is 11.6 Å². The number of rotatable bonds is 3. The van der Waals surface area contributed by atoms with Crippen LogP contribution < -0.4 is 0 Å². The molecule has 132 valence electrons. The Labute approximate surface area is 149 Å². The van der Waals surface area contributed by atoms with Crippen LogP contribution in [0.3, 0.4) is 0 Å². The fraction of sp³-hybridized carbons (Fsp3) is 0.471. The highest BCUT2D eigenvalue weighted by atomic mass is 35.5. The van der Waals surface area contributed by atoms with Gasteiger partial charge in [0.2, 0.25) is 5.60 Å². The van der Waals surface area contributed by atoms with Crippen LogP contribution in [0.2, 0.25) is 5.02 Å². The minimum Gasteiger partial charge on any atom is -0.381 e. The van der Waals surface area contributed by atoms with E-state index in [1.165, 1.54) is 13.8 Å². The summed E-state index contributed by atoms with van der Waals surface area (Å²) in [6.07, 6.45) is -0.0934. The van der Waals surface area contributed by atoms with Gasteiger partial charge in [0, 0.05) is 22.3 Å². The fourth-order valence-electron chi connectivity index (χ4n) is 4.03. The average Bonchev–Trinajstić information content (AvgIpc) is 2.82. The molecule has 1 saturated carbocycles. The van der Waals surface area contributed by atoms with E-state index in [1.54, 1.807) is 24.3 Å². The van der Waals surface area contributed by atoms with E-state index in [0.717, 1.165) is 0 Å². The Hall–Kier alpha value is -2.28. The number of hydrogen-bond acceptors (Lipinski definition) is 6. The highest BCUT2D eigenvalue weighted by Gasteiger charge is 2.62. The number of benzene rings is 1. The van der Waals surface area contributed by atoms with Gasteiger partial charge < -0.3 is 4.84 Å². The van der Waals surface area contributed by atoms with Crippen LogP contribution in [0.4, 0.5) is 0 Å². The van der Waals surface area contributed by atoms with Gasteiger partial charge >= 0.3 is 0 Å². The van der Waals surface area contributed by atoms with E-state index >= 15 is 0 Å². The zero-order chi connectivity index (χ0) is 18.4. The molecule has 0 saturated heterocycles. The van der Waals surface area contributed by atoms with Crippen LogP contribution in [0.1, 0.15) is 38.2 Å². The summed E-state index contributed by atoms with van der Waals surface area (Å²) in [5.74, 6) is -2.13. The Morgan fingerprint density at radius 1 is 1.44 bits per heavy atom. The maximum Gasteiger partial charge on any atom is 0.295 e. The number of carbonyl (C=O) groups is 2. The summed E-state index contributed by atoms with van der Waals surface area (Å²) >= 11 is 6.27. The number of hydrogen-bond donors (Lipinski definition) is 0. The van der Waals surface area contributed by atoms with Crippen LogP contribution in [0.25, 0.3) is 0 Å². The molecule has 4 atom stereocenters. The molecule has 1 aliphatic carbocycles. The summed E-state index contributed by atoms with van der Waals surface area (Å²) < 4.78 is 0. The van der Waals surface area contributed by atoms with Crippen molar-refractivity contribution in [3.05, 3.63) is 45.0 Å². The molecule has 0 unspecified atom stereocenters. The molecule has 1 heterocycles. The first-order valence-electron chi connectivity index (χ1n) is 7.90. The molecule has 0 N–H and O–H groups in total. The Bertz CT molecular complexity index is 793. The maximum atomic E-state index is 12.7. The summed E-state index contributed by atoms with van der Waals surface area (Å²) in [6, 6.07) is 5.69. The molecule has 1 aromatic carbocycles. The SMILES string of the molecule is CC(=O)[C@@H]1C(=O)C[C@@]2(C[C@H]1c1ccccc1Cl)ON=C(C)[C@@H]2[N+](=O)[O-]. The monoisotopic (exact) mass is 364 g/mol. The van der Waals surface area contributed by atoms with Crippen LogP contribution in [-0.2, 0) is 14.4 Å². The Balaban J connectivity index is 2.08. The molecule has 1 aromatic rings. The number of oxime groups is 1. The Kier molecular flexibility index (Phi) is 4.36. The van der Waals surface area contributed by atoms with Crippen LogP contribution in [0, 0.1) is 16.0 Å². The van der Waals surface area contributed by atoms with Gasteiger partial charge in [-0.05, 0) is 25.5 Å². The summed E-state index contributed by atoms with van der Waals surface area (Å²) in [5.41, 5.74) is -0.537. The van der Waals surface area contributed by atoms with E-state index in [2.05, 4.69) is 5.16 Å². The van der Waals surface area contributed by atoms with Crippen molar-refractivity contribution in [1.29, 1.82) is 0 Å². The van der Waals surface area contributed by atoms with Crippen molar-refractivity contribution in [2.24, 2.45) is 11.1 Å². The second kappa shape index (κ2) is 6.22. The summed E-state index contributed by atoms with van der Waals surface area (Å²) in [5, 5.41) is 15.7. The van der Waals surface area contributed by atoms with E-state index in [1.807, 2.05) is 0 Å².